The van der Waals surface area contributed by atoms with Crippen LogP contribution in [-0.4, -0.2) is 25.3 Å². The van der Waals surface area contributed by atoms with Crippen molar-refractivity contribution >= 4 is 10.0 Å². The zero-order valence-corrected chi connectivity index (χ0v) is 20.0. The molecule has 0 saturated heterocycles. The molecule has 33 heavy (non-hydrogen) atoms. The number of aromatic nitrogens is 1. The minimum absolute atomic E-state index is 0.0686. The molecule has 7 heteroatoms. The maximum Gasteiger partial charge on any atom is 0.254 e. The van der Waals surface area contributed by atoms with Gasteiger partial charge in [-0.25, -0.2) is 17.5 Å². The van der Waals surface area contributed by atoms with E-state index in [1.54, 1.807) is 10.6 Å². The van der Waals surface area contributed by atoms with Gasteiger partial charge in [-0.05, 0) is 68.0 Å². The van der Waals surface area contributed by atoms with Crippen molar-refractivity contribution in [1.29, 1.82) is 0 Å². The summed E-state index contributed by atoms with van der Waals surface area (Å²) >= 11 is 0. The number of aryl methyl sites for hydroxylation is 3. The first-order chi connectivity index (χ1) is 15.7. The third-order valence-electron chi connectivity index (χ3n) is 6.40. The van der Waals surface area contributed by atoms with Crippen LogP contribution in [0.25, 0.3) is 11.1 Å². The second-order valence-corrected chi connectivity index (χ2v) is 10.7. The van der Waals surface area contributed by atoms with E-state index in [-0.39, 0.29) is 23.3 Å². The molecule has 4 rings (SSSR count). The van der Waals surface area contributed by atoms with Gasteiger partial charge >= 0.3 is 0 Å². The zero-order valence-electron chi connectivity index (χ0n) is 19.1. The van der Waals surface area contributed by atoms with Crippen molar-refractivity contribution in [3.8, 4) is 11.1 Å². The van der Waals surface area contributed by atoms with E-state index >= 15 is 0 Å². The molecular weight excluding hydrogens is 439 g/mol. The van der Waals surface area contributed by atoms with Gasteiger partial charge in [0.05, 0.1) is 6.26 Å². The molecule has 2 atom stereocenters. The van der Waals surface area contributed by atoms with Crippen LogP contribution in [0.3, 0.4) is 0 Å². The lowest BCUT2D eigenvalue weighted by atomic mass is 9.77. The minimum Gasteiger partial charge on any atom is -0.316 e. The number of hydrogen-bond donors (Lipinski definition) is 1. The molecule has 2 unspecified atom stereocenters. The fourth-order valence-electron chi connectivity index (χ4n) is 4.85. The average Bonchev–Trinajstić information content (AvgIpc) is 2.76. The molecule has 3 aromatic rings. The number of benzene rings is 2. The topological polar surface area (TPSA) is 68.2 Å². The Bertz CT molecular complexity index is 1350. The predicted octanol–water partition coefficient (Wildman–Crippen LogP) is 4.17. The van der Waals surface area contributed by atoms with E-state index in [1.807, 2.05) is 56.4 Å². The van der Waals surface area contributed by atoms with Gasteiger partial charge in [-0.15, -0.1) is 0 Å². The Morgan fingerprint density at radius 1 is 1.15 bits per heavy atom. The van der Waals surface area contributed by atoms with Crippen molar-refractivity contribution in [2.24, 2.45) is 0 Å². The second kappa shape index (κ2) is 9.23. The highest BCUT2D eigenvalue weighted by Gasteiger charge is 2.34. The first kappa shape index (κ1) is 23.4. The lowest BCUT2D eigenvalue weighted by Crippen LogP contribution is -2.45. The van der Waals surface area contributed by atoms with Crippen molar-refractivity contribution in [2.75, 3.05) is 6.26 Å². The van der Waals surface area contributed by atoms with Crippen LogP contribution in [0.1, 0.15) is 41.5 Å². The van der Waals surface area contributed by atoms with Gasteiger partial charge in [0.15, 0.2) is 0 Å². The summed E-state index contributed by atoms with van der Waals surface area (Å²) in [6, 6.07) is 14.2. The lowest BCUT2D eigenvalue weighted by molar-refractivity contribution is 0.424. The maximum absolute atomic E-state index is 14.5. The molecule has 0 spiro atoms. The molecule has 5 nitrogen and oxygen atoms in total. The molecule has 2 aromatic carbocycles. The first-order valence-electron chi connectivity index (χ1n) is 11.2. The Hall–Kier alpha value is -2.77. The lowest BCUT2D eigenvalue weighted by Gasteiger charge is -2.33. The number of halogens is 1. The number of pyridine rings is 1. The molecule has 0 bridgehead atoms. The largest absolute Gasteiger partial charge is 0.316 e. The monoisotopic (exact) mass is 468 g/mol. The fourth-order valence-corrected chi connectivity index (χ4v) is 5.68. The van der Waals surface area contributed by atoms with Crippen LogP contribution in [0.2, 0.25) is 0 Å². The minimum atomic E-state index is -3.45. The van der Waals surface area contributed by atoms with Gasteiger partial charge in [0, 0.05) is 35.8 Å². The Morgan fingerprint density at radius 2 is 1.94 bits per heavy atom. The number of nitrogens with one attached hydrogen (secondary N) is 1. The van der Waals surface area contributed by atoms with Gasteiger partial charge in [0.25, 0.3) is 5.56 Å². The Balaban J connectivity index is 1.78. The Morgan fingerprint density at radius 3 is 2.67 bits per heavy atom. The number of hydrogen-bond acceptors (Lipinski definition) is 3. The number of sulfonamides is 1. The van der Waals surface area contributed by atoms with Crippen molar-refractivity contribution in [2.45, 2.75) is 51.6 Å². The van der Waals surface area contributed by atoms with Gasteiger partial charge in [-0.2, -0.15) is 0 Å². The van der Waals surface area contributed by atoms with E-state index < -0.39 is 10.0 Å². The highest BCUT2D eigenvalue weighted by atomic mass is 32.2. The van der Waals surface area contributed by atoms with Crippen LogP contribution in [0.5, 0.6) is 0 Å². The summed E-state index contributed by atoms with van der Waals surface area (Å²) in [6.45, 7) is 4.38. The molecule has 0 amide bonds. The molecule has 1 aliphatic rings. The van der Waals surface area contributed by atoms with Gasteiger partial charge < -0.3 is 4.57 Å². The normalized spacial score (nSPS) is 18.2. The third-order valence-corrected chi connectivity index (χ3v) is 7.13. The molecule has 174 valence electrons. The summed E-state index contributed by atoms with van der Waals surface area (Å²) < 4.78 is 43.1. The molecule has 0 radical (unpaired) electrons. The first-order valence-corrected chi connectivity index (χ1v) is 13.1. The smallest absolute Gasteiger partial charge is 0.254 e. The molecule has 0 saturated carbocycles. The van der Waals surface area contributed by atoms with Crippen LogP contribution in [0.15, 0.2) is 59.5 Å². The van der Waals surface area contributed by atoms with Gasteiger partial charge in [0.1, 0.15) is 5.82 Å². The Labute approximate surface area is 194 Å². The van der Waals surface area contributed by atoms with E-state index in [2.05, 4.69) is 4.72 Å². The highest BCUT2D eigenvalue weighted by molar-refractivity contribution is 7.88. The maximum atomic E-state index is 14.5. The summed E-state index contributed by atoms with van der Waals surface area (Å²) in [5.41, 5.74) is 4.77. The van der Waals surface area contributed by atoms with Crippen LogP contribution in [0.4, 0.5) is 4.39 Å². The summed E-state index contributed by atoms with van der Waals surface area (Å²) in [6.07, 6.45) is 4.70. The van der Waals surface area contributed by atoms with Crippen molar-refractivity contribution in [3.63, 3.8) is 0 Å². The molecule has 1 N–H and O–H groups in total. The van der Waals surface area contributed by atoms with Gasteiger partial charge in [-0.1, -0.05) is 35.9 Å². The zero-order chi connectivity index (χ0) is 23.8. The summed E-state index contributed by atoms with van der Waals surface area (Å²) in [4.78, 5) is 13.3. The van der Waals surface area contributed by atoms with E-state index in [0.717, 1.165) is 28.5 Å². The van der Waals surface area contributed by atoms with Crippen molar-refractivity contribution in [3.05, 3.63) is 93.2 Å². The predicted molar refractivity (Wildman–Crippen MR) is 129 cm³/mol. The van der Waals surface area contributed by atoms with Crippen LogP contribution >= 0.6 is 0 Å². The molecule has 0 fully saturated rings. The average molecular weight is 469 g/mol. The van der Waals surface area contributed by atoms with Crippen molar-refractivity contribution in [1.82, 2.24) is 9.29 Å². The van der Waals surface area contributed by atoms with Gasteiger partial charge in [0.2, 0.25) is 10.0 Å². The highest BCUT2D eigenvalue weighted by Crippen LogP contribution is 2.34. The fraction of sp³-hybridized carbons (Fsp3) is 0.346. The standard InChI is InChI=1S/C26H29FN2O3S/c1-4-29-13-12-19-9-11-24(28-33(3,31)32)22(25(19)26(29)30)16-18-6-5-7-20(15-18)21-14-17(2)8-10-23(21)27/h5-8,10,12-15,22,24,28H,4,9,11,16H2,1-3H3. The van der Waals surface area contributed by atoms with Gasteiger partial charge in [-0.3, -0.25) is 4.79 Å². The third kappa shape index (κ3) is 5.09. The van der Waals surface area contributed by atoms with E-state index in [0.29, 0.717) is 36.9 Å². The number of rotatable bonds is 6. The number of nitrogens with zero attached hydrogens (tertiary/aromatic N) is 1. The molecule has 0 aliphatic heterocycles. The number of fused-ring (bicyclic) bond motifs is 1. The Kier molecular flexibility index (Phi) is 6.54. The second-order valence-electron chi connectivity index (χ2n) is 8.88. The van der Waals surface area contributed by atoms with E-state index in [4.69, 9.17) is 0 Å². The quantitative estimate of drug-likeness (QED) is 0.590. The summed E-state index contributed by atoms with van der Waals surface area (Å²) in [7, 11) is -3.45. The van der Waals surface area contributed by atoms with Crippen molar-refractivity contribution < 1.29 is 12.8 Å². The molecular formula is C26H29FN2O3S. The molecule has 1 heterocycles. The van der Waals surface area contributed by atoms with E-state index in [9.17, 15) is 17.6 Å². The van der Waals surface area contributed by atoms with Crippen LogP contribution < -0.4 is 10.3 Å². The SMILES string of the molecule is CCn1ccc2c(c1=O)C(Cc1cccc(-c3cc(C)ccc3F)c1)C(NS(C)(=O)=O)CC2. The van der Waals surface area contributed by atoms with Crippen LogP contribution in [-0.2, 0) is 29.4 Å². The molecule has 1 aromatic heterocycles. The summed E-state index contributed by atoms with van der Waals surface area (Å²) in [5, 5.41) is 0. The van der Waals surface area contributed by atoms with Crippen LogP contribution in [0, 0.1) is 12.7 Å². The summed E-state index contributed by atoms with van der Waals surface area (Å²) in [5.74, 6) is -0.601. The van der Waals surface area contributed by atoms with E-state index in [1.165, 1.54) is 6.07 Å². The molecule has 1 aliphatic carbocycles.